The highest BCUT2D eigenvalue weighted by Gasteiger charge is 2.19. The summed E-state index contributed by atoms with van der Waals surface area (Å²) in [6, 6.07) is 18.6. The van der Waals surface area contributed by atoms with E-state index >= 15 is 0 Å². The maximum absolute atomic E-state index is 12.9. The molecule has 0 spiro atoms. The molecule has 178 valence electrons. The first-order valence-corrected chi connectivity index (χ1v) is 13.0. The summed E-state index contributed by atoms with van der Waals surface area (Å²) >= 11 is 1.39. The van der Waals surface area contributed by atoms with E-state index in [0.717, 1.165) is 35.5 Å². The molecule has 1 unspecified atom stereocenters. The number of hydrogen-bond acceptors (Lipinski definition) is 5. The predicted octanol–water partition coefficient (Wildman–Crippen LogP) is 5.49. The Morgan fingerprint density at radius 3 is 2.51 bits per heavy atom. The van der Waals surface area contributed by atoms with Gasteiger partial charge in [-0.25, -0.2) is 0 Å². The second-order valence-corrected chi connectivity index (χ2v) is 9.97. The summed E-state index contributed by atoms with van der Waals surface area (Å²) in [6.45, 7) is 4.10. The van der Waals surface area contributed by atoms with Gasteiger partial charge in [0.25, 0.3) is 0 Å². The van der Waals surface area contributed by atoms with E-state index in [0.29, 0.717) is 5.16 Å². The second-order valence-electron chi connectivity index (χ2n) is 9.03. The van der Waals surface area contributed by atoms with Gasteiger partial charge in [0.2, 0.25) is 5.91 Å². The van der Waals surface area contributed by atoms with E-state index in [4.69, 9.17) is 0 Å². The minimum Gasteiger partial charge on any atom is -0.349 e. The summed E-state index contributed by atoms with van der Waals surface area (Å²) in [4.78, 5) is 17.0. The molecule has 0 bridgehead atoms. The molecule has 1 N–H and O–H groups in total. The number of nitrogens with zero attached hydrogens (tertiary/aromatic N) is 4. The van der Waals surface area contributed by atoms with Crippen molar-refractivity contribution in [1.29, 1.82) is 0 Å². The van der Waals surface area contributed by atoms with Gasteiger partial charge in [-0.1, -0.05) is 47.7 Å². The van der Waals surface area contributed by atoms with E-state index in [1.54, 1.807) is 12.4 Å². The Morgan fingerprint density at radius 1 is 1.00 bits per heavy atom. The average Bonchev–Trinajstić information content (AvgIpc) is 3.32. The number of hydrogen-bond donors (Lipinski definition) is 1. The van der Waals surface area contributed by atoms with Crippen molar-refractivity contribution in [2.75, 3.05) is 5.75 Å². The number of rotatable bonds is 7. The minimum atomic E-state index is -0.0438. The normalized spacial score (nSPS) is 13.8. The first-order valence-electron chi connectivity index (χ1n) is 12.1. The number of carbonyl (C=O) groups is 1. The van der Waals surface area contributed by atoms with Gasteiger partial charge in [-0.3, -0.25) is 14.3 Å². The number of carbonyl (C=O) groups excluding carboxylic acids is 1. The molecule has 1 amide bonds. The minimum absolute atomic E-state index is 0.0239. The van der Waals surface area contributed by atoms with Crippen molar-refractivity contribution in [3.8, 4) is 17.1 Å². The highest BCUT2D eigenvalue weighted by atomic mass is 32.2. The Kier molecular flexibility index (Phi) is 6.95. The van der Waals surface area contributed by atoms with Crippen LogP contribution in [-0.4, -0.2) is 31.4 Å². The van der Waals surface area contributed by atoms with Crippen LogP contribution in [0.3, 0.4) is 0 Å². The van der Waals surface area contributed by atoms with Crippen molar-refractivity contribution < 1.29 is 4.79 Å². The lowest BCUT2D eigenvalue weighted by molar-refractivity contribution is -0.119. The summed E-state index contributed by atoms with van der Waals surface area (Å²) in [5.74, 6) is 0.959. The molecule has 0 aliphatic heterocycles. The van der Waals surface area contributed by atoms with E-state index < -0.39 is 0 Å². The van der Waals surface area contributed by atoms with Gasteiger partial charge >= 0.3 is 0 Å². The highest BCUT2D eigenvalue weighted by molar-refractivity contribution is 7.99. The van der Waals surface area contributed by atoms with Gasteiger partial charge in [0.1, 0.15) is 0 Å². The average molecular weight is 484 g/mol. The zero-order valence-electron chi connectivity index (χ0n) is 20.1. The Morgan fingerprint density at radius 2 is 1.74 bits per heavy atom. The number of thioether (sulfide) groups is 1. The van der Waals surface area contributed by atoms with Gasteiger partial charge in [0.15, 0.2) is 11.0 Å². The molecule has 2 aromatic carbocycles. The highest BCUT2D eigenvalue weighted by Crippen LogP contribution is 2.28. The van der Waals surface area contributed by atoms with Gasteiger partial charge in [-0.2, -0.15) is 0 Å². The van der Waals surface area contributed by atoms with Crippen LogP contribution in [0.25, 0.3) is 17.1 Å². The fourth-order valence-electron chi connectivity index (χ4n) is 4.50. The summed E-state index contributed by atoms with van der Waals surface area (Å²) in [7, 11) is 0. The third-order valence-corrected chi connectivity index (χ3v) is 7.38. The lowest BCUT2D eigenvalue weighted by Gasteiger charge is -2.20. The zero-order valence-corrected chi connectivity index (χ0v) is 20.9. The van der Waals surface area contributed by atoms with Crippen LogP contribution in [-0.2, 0) is 17.6 Å². The number of aryl methyl sites for hydroxylation is 3. The monoisotopic (exact) mass is 483 g/mol. The van der Waals surface area contributed by atoms with E-state index in [1.165, 1.54) is 41.3 Å². The zero-order chi connectivity index (χ0) is 24.2. The topological polar surface area (TPSA) is 72.7 Å². The van der Waals surface area contributed by atoms with Crippen molar-refractivity contribution in [3.63, 3.8) is 0 Å². The quantitative estimate of drug-likeness (QED) is 0.352. The molecule has 1 atom stereocenters. The third kappa shape index (κ3) is 5.30. The molecule has 0 fully saturated rings. The van der Waals surface area contributed by atoms with E-state index in [9.17, 15) is 4.79 Å². The van der Waals surface area contributed by atoms with E-state index in [1.807, 2.05) is 35.8 Å². The molecule has 2 heterocycles. The maximum Gasteiger partial charge on any atom is 0.230 e. The lowest BCUT2D eigenvalue weighted by Crippen LogP contribution is -2.28. The third-order valence-electron chi connectivity index (χ3n) is 6.45. The molecule has 0 saturated carbocycles. The van der Waals surface area contributed by atoms with Crippen molar-refractivity contribution in [2.24, 2.45) is 0 Å². The van der Waals surface area contributed by atoms with Crippen LogP contribution in [0.1, 0.15) is 48.1 Å². The Hall–Kier alpha value is -3.45. The van der Waals surface area contributed by atoms with Crippen molar-refractivity contribution >= 4 is 17.7 Å². The predicted molar refractivity (Wildman–Crippen MR) is 140 cm³/mol. The standard InChI is InChI=1S/C28H29N5OS/c1-19-7-11-25(12-8-19)33-27(22-13-15-29-16-14-22)31-32-28(33)35-18-26(34)30-20(2)23-10-9-21-5-3-4-6-24(21)17-23/h7-17,20H,3-6,18H2,1-2H3,(H,30,34). The van der Waals surface area contributed by atoms with Crippen LogP contribution >= 0.6 is 11.8 Å². The van der Waals surface area contributed by atoms with Gasteiger partial charge in [0.05, 0.1) is 11.8 Å². The Labute approximate surface area is 210 Å². The summed E-state index contributed by atoms with van der Waals surface area (Å²) in [5, 5.41) is 12.7. The van der Waals surface area contributed by atoms with Gasteiger partial charge in [-0.15, -0.1) is 10.2 Å². The summed E-state index contributed by atoms with van der Waals surface area (Å²) in [5.41, 5.74) is 7.10. The molecule has 5 rings (SSSR count). The molecule has 6 nitrogen and oxygen atoms in total. The van der Waals surface area contributed by atoms with Gasteiger partial charge in [-0.05, 0) is 80.5 Å². The molecular weight excluding hydrogens is 454 g/mol. The molecular formula is C28H29N5OS. The van der Waals surface area contributed by atoms with Crippen LogP contribution in [0.4, 0.5) is 0 Å². The lowest BCUT2D eigenvalue weighted by atomic mass is 9.89. The SMILES string of the molecule is Cc1ccc(-n2c(SCC(=O)NC(C)c3ccc4c(c3)CCCC4)nnc2-c2ccncc2)cc1. The first kappa shape index (κ1) is 23.3. The van der Waals surface area contributed by atoms with Crippen molar-refractivity contribution in [1.82, 2.24) is 25.1 Å². The van der Waals surface area contributed by atoms with E-state index in [-0.39, 0.29) is 17.7 Å². The summed E-state index contributed by atoms with van der Waals surface area (Å²) in [6.07, 6.45) is 8.30. The fraction of sp³-hybridized carbons (Fsp3) is 0.286. The number of benzene rings is 2. The van der Waals surface area contributed by atoms with Crippen LogP contribution in [0.5, 0.6) is 0 Å². The Balaban J connectivity index is 1.31. The maximum atomic E-state index is 12.9. The van der Waals surface area contributed by atoms with Crippen LogP contribution in [0.2, 0.25) is 0 Å². The molecule has 1 aliphatic rings. The smallest absolute Gasteiger partial charge is 0.230 e. The molecule has 0 saturated heterocycles. The van der Waals surface area contributed by atoms with Gasteiger partial charge in [0, 0.05) is 23.6 Å². The van der Waals surface area contributed by atoms with Gasteiger partial charge < -0.3 is 5.32 Å². The van der Waals surface area contributed by atoms with Crippen LogP contribution < -0.4 is 5.32 Å². The summed E-state index contributed by atoms with van der Waals surface area (Å²) < 4.78 is 2.00. The number of pyridine rings is 1. The number of nitrogens with one attached hydrogen (secondary N) is 1. The van der Waals surface area contributed by atoms with Crippen LogP contribution in [0.15, 0.2) is 72.1 Å². The Bertz CT molecular complexity index is 1320. The van der Waals surface area contributed by atoms with Crippen molar-refractivity contribution in [3.05, 3.63) is 89.2 Å². The molecule has 35 heavy (non-hydrogen) atoms. The van der Waals surface area contributed by atoms with E-state index in [2.05, 4.69) is 57.8 Å². The first-order chi connectivity index (χ1) is 17.1. The molecule has 1 aliphatic carbocycles. The molecule has 7 heteroatoms. The number of amides is 1. The van der Waals surface area contributed by atoms with Crippen molar-refractivity contribution in [2.45, 2.75) is 50.7 Å². The largest absolute Gasteiger partial charge is 0.349 e. The second kappa shape index (κ2) is 10.4. The molecule has 4 aromatic rings. The van der Waals surface area contributed by atoms with Crippen LogP contribution in [0, 0.1) is 6.92 Å². The molecule has 2 aromatic heterocycles. The molecule has 0 radical (unpaired) electrons. The number of aromatic nitrogens is 4. The fourth-order valence-corrected chi connectivity index (χ4v) is 5.26. The number of fused-ring (bicyclic) bond motifs is 1.